The average molecular weight is 383 g/mol. The number of halogens is 2. The number of nitrogens with one attached hydrogen (secondary N) is 1. The van der Waals surface area contributed by atoms with Gasteiger partial charge in [-0.2, -0.15) is 0 Å². The van der Waals surface area contributed by atoms with Crippen LogP contribution >= 0.6 is 11.6 Å². The van der Waals surface area contributed by atoms with Crippen molar-refractivity contribution in [2.24, 2.45) is 0 Å². The lowest BCUT2D eigenvalue weighted by atomic mass is 10.2. The summed E-state index contributed by atoms with van der Waals surface area (Å²) in [4.78, 5) is 14.3. The molecule has 1 heterocycles. The molecule has 1 unspecified atom stereocenters. The fourth-order valence-electron chi connectivity index (χ4n) is 2.74. The monoisotopic (exact) mass is 382 g/mol. The van der Waals surface area contributed by atoms with Crippen LogP contribution in [0.25, 0.3) is 0 Å². The molecule has 1 aliphatic heterocycles. The molecule has 1 aliphatic rings. The van der Waals surface area contributed by atoms with E-state index >= 15 is 0 Å². The van der Waals surface area contributed by atoms with Crippen LogP contribution in [0.15, 0.2) is 47.4 Å². The van der Waals surface area contributed by atoms with Gasteiger partial charge in [-0.05, 0) is 42.8 Å². The lowest BCUT2D eigenvalue weighted by Gasteiger charge is -2.18. The van der Waals surface area contributed by atoms with Gasteiger partial charge in [0.2, 0.25) is 5.91 Å². The summed E-state index contributed by atoms with van der Waals surface area (Å²) in [6.45, 7) is 0.463. The molecule has 1 atom stereocenters. The summed E-state index contributed by atoms with van der Waals surface area (Å²) in [5.41, 5.74) is 1.09. The predicted octanol–water partition coefficient (Wildman–Crippen LogP) is 3.10. The first-order valence-corrected chi connectivity index (χ1v) is 9.86. The highest BCUT2D eigenvalue weighted by molar-refractivity contribution is 7.90. The molecule has 8 heteroatoms. The summed E-state index contributed by atoms with van der Waals surface area (Å²) in [5.74, 6) is -0.711. The lowest BCUT2D eigenvalue weighted by molar-refractivity contribution is -0.117. The molecule has 132 valence electrons. The zero-order valence-electron chi connectivity index (χ0n) is 13.4. The third-order valence-electron chi connectivity index (χ3n) is 4.02. The van der Waals surface area contributed by atoms with E-state index in [2.05, 4.69) is 5.32 Å². The van der Waals surface area contributed by atoms with E-state index in [4.69, 9.17) is 11.6 Å². The normalized spacial score (nSPS) is 17.8. The largest absolute Gasteiger partial charge is 0.374 e. The van der Waals surface area contributed by atoms with Crippen molar-refractivity contribution < 1.29 is 17.6 Å². The maximum Gasteiger partial charge on any atom is 0.249 e. The van der Waals surface area contributed by atoms with E-state index in [1.165, 1.54) is 35.2 Å². The molecule has 1 saturated heterocycles. The first-order valence-electron chi connectivity index (χ1n) is 7.59. The van der Waals surface area contributed by atoms with Gasteiger partial charge >= 0.3 is 0 Å². The molecule has 0 radical (unpaired) electrons. The summed E-state index contributed by atoms with van der Waals surface area (Å²) in [7, 11) is -3.32. The summed E-state index contributed by atoms with van der Waals surface area (Å²) in [6.07, 6.45) is 1.67. The van der Waals surface area contributed by atoms with Crippen LogP contribution in [0.5, 0.6) is 0 Å². The summed E-state index contributed by atoms with van der Waals surface area (Å²) < 4.78 is 36.6. The molecule has 2 aromatic rings. The van der Waals surface area contributed by atoms with E-state index in [1.54, 1.807) is 12.1 Å². The number of sulfone groups is 1. The molecule has 1 fully saturated rings. The van der Waals surface area contributed by atoms with Crippen molar-refractivity contribution in [1.29, 1.82) is 0 Å². The van der Waals surface area contributed by atoms with Crippen molar-refractivity contribution in [2.45, 2.75) is 17.4 Å². The first kappa shape index (κ1) is 17.7. The highest BCUT2D eigenvalue weighted by Gasteiger charge is 2.32. The number of benzene rings is 2. The number of carbonyl (C=O) groups is 1. The Bertz CT molecular complexity index is 933. The second kappa shape index (κ2) is 6.65. The van der Waals surface area contributed by atoms with Crippen molar-refractivity contribution in [3.63, 3.8) is 0 Å². The number of carbonyl (C=O) groups excluding carboxylic acids is 1. The van der Waals surface area contributed by atoms with Crippen LogP contribution in [0.2, 0.25) is 5.02 Å². The third-order valence-corrected chi connectivity index (χ3v) is 5.42. The molecule has 0 aliphatic carbocycles. The Morgan fingerprint density at radius 3 is 2.68 bits per heavy atom. The molecule has 0 saturated carbocycles. The van der Waals surface area contributed by atoms with Gasteiger partial charge in [-0.1, -0.05) is 17.7 Å². The molecular formula is C17H16ClFN2O3S. The SMILES string of the molecule is CS(=O)(=O)c1cccc(NC2CCN(c3ccc(F)c(Cl)c3)C2=O)c1. The van der Waals surface area contributed by atoms with Crippen molar-refractivity contribution in [2.75, 3.05) is 23.0 Å². The van der Waals surface area contributed by atoms with E-state index in [1.807, 2.05) is 0 Å². The minimum atomic E-state index is -3.32. The van der Waals surface area contributed by atoms with Gasteiger partial charge in [-0.15, -0.1) is 0 Å². The number of nitrogens with zero attached hydrogens (tertiary/aromatic N) is 1. The smallest absolute Gasteiger partial charge is 0.249 e. The summed E-state index contributed by atoms with van der Waals surface area (Å²) >= 11 is 5.78. The van der Waals surface area contributed by atoms with Crippen LogP contribution < -0.4 is 10.2 Å². The zero-order valence-corrected chi connectivity index (χ0v) is 14.9. The van der Waals surface area contributed by atoms with Crippen molar-refractivity contribution in [3.05, 3.63) is 53.3 Å². The fourth-order valence-corrected chi connectivity index (χ4v) is 3.58. The second-order valence-electron chi connectivity index (χ2n) is 5.87. The maximum atomic E-state index is 13.3. The van der Waals surface area contributed by atoms with Crippen LogP contribution in [0.4, 0.5) is 15.8 Å². The number of anilines is 2. The Hall–Kier alpha value is -2.12. The van der Waals surface area contributed by atoms with Gasteiger partial charge in [-0.25, -0.2) is 12.8 Å². The first-order chi connectivity index (χ1) is 11.8. The Labute approximate surface area is 150 Å². The van der Waals surface area contributed by atoms with Crippen molar-refractivity contribution in [1.82, 2.24) is 0 Å². The highest BCUT2D eigenvalue weighted by Crippen LogP contribution is 2.28. The molecule has 0 spiro atoms. The van der Waals surface area contributed by atoms with Crippen LogP contribution in [-0.4, -0.2) is 33.2 Å². The Morgan fingerprint density at radius 2 is 2.00 bits per heavy atom. The number of rotatable bonds is 4. The number of hydrogen-bond donors (Lipinski definition) is 1. The van der Waals surface area contributed by atoms with E-state index < -0.39 is 21.7 Å². The lowest BCUT2D eigenvalue weighted by Crippen LogP contribution is -2.33. The van der Waals surface area contributed by atoms with Gasteiger partial charge in [0.25, 0.3) is 0 Å². The van der Waals surface area contributed by atoms with Gasteiger partial charge in [-0.3, -0.25) is 4.79 Å². The van der Waals surface area contributed by atoms with Crippen LogP contribution in [0.1, 0.15) is 6.42 Å². The standard InChI is InChI=1S/C17H16ClFN2O3S/c1-25(23,24)13-4-2-3-11(9-13)20-16-7-8-21(17(16)22)12-5-6-15(19)14(18)10-12/h2-6,9-10,16,20H,7-8H2,1H3. The minimum absolute atomic E-state index is 0.0393. The van der Waals surface area contributed by atoms with E-state index in [9.17, 15) is 17.6 Å². The summed E-state index contributed by atoms with van der Waals surface area (Å²) in [5, 5.41) is 3.03. The van der Waals surface area contributed by atoms with Crippen LogP contribution in [-0.2, 0) is 14.6 Å². The van der Waals surface area contributed by atoms with E-state index in [0.717, 1.165) is 6.26 Å². The fraction of sp³-hybridized carbons (Fsp3) is 0.235. The second-order valence-corrected chi connectivity index (χ2v) is 8.30. The van der Waals surface area contributed by atoms with Gasteiger partial charge in [0.1, 0.15) is 11.9 Å². The highest BCUT2D eigenvalue weighted by atomic mass is 35.5. The topological polar surface area (TPSA) is 66.5 Å². The Kier molecular flexibility index (Phi) is 4.71. The predicted molar refractivity (Wildman–Crippen MR) is 95.3 cm³/mol. The Morgan fingerprint density at radius 1 is 1.24 bits per heavy atom. The quantitative estimate of drug-likeness (QED) is 0.882. The zero-order chi connectivity index (χ0) is 18.2. The average Bonchev–Trinajstić information content (AvgIpc) is 2.91. The van der Waals surface area contributed by atoms with Gasteiger partial charge < -0.3 is 10.2 Å². The molecule has 2 aromatic carbocycles. The van der Waals surface area contributed by atoms with E-state index in [0.29, 0.717) is 24.3 Å². The molecular weight excluding hydrogens is 367 g/mol. The Balaban J connectivity index is 1.77. The van der Waals surface area contributed by atoms with Gasteiger partial charge in [0.15, 0.2) is 9.84 Å². The maximum absolute atomic E-state index is 13.3. The summed E-state index contributed by atoms with van der Waals surface area (Å²) in [6, 6.07) is 9.99. The minimum Gasteiger partial charge on any atom is -0.374 e. The molecule has 5 nitrogen and oxygen atoms in total. The van der Waals surface area contributed by atoms with Crippen LogP contribution in [0, 0.1) is 5.82 Å². The molecule has 1 N–H and O–H groups in total. The molecule has 3 rings (SSSR count). The van der Waals surface area contributed by atoms with Gasteiger partial charge in [0, 0.05) is 24.2 Å². The van der Waals surface area contributed by atoms with Crippen molar-refractivity contribution in [3.8, 4) is 0 Å². The molecule has 25 heavy (non-hydrogen) atoms. The molecule has 0 aromatic heterocycles. The van der Waals surface area contributed by atoms with Crippen LogP contribution in [0.3, 0.4) is 0 Å². The van der Waals surface area contributed by atoms with Crippen molar-refractivity contribution >= 4 is 38.7 Å². The molecule has 0 bridgehead atoms. The third kappa shape index (κ3) is 3.77. The van der Waals surface area contributed by atoms with E-state index in [-0.39, 0.29) is 15.8 Å². The molecule has 1 amide bonds. The van der Waals surface area contributed by atoms with Gasteiger partial charge in [0.05, 0.1) is 9.92 Å². The number of hydrogen-bond acceptors (Lipinski definition) is 4. The number of amides is 1.